The average Bonchev–Trinajstić information content (AvgIpc) is 2.35. The molecule has 0 heterocycles. The molecule has 0 saturated carbocycles. The van der Waals surface area contributed by atoms with E-state index < -0.39 is 58.7 Å². The SMILES string of the molecule is O=[N+]([O-])c1ccc(S(=O)(=O)CCOS(=O)(=O)O)c([N+](=O)[O-])c1. The van der Waals surface area contributed by atoms with Gasteiger partial charge in [0, 0.05) is 6.07 Å². The summed E-state index contributed by atoms with van der Waals surface area (Å²) in [5, 5.41) is 21.4. The van der Waals surface area contributed by atoms with Crippen LogP contribution < -0.4 is 0 Å². The van der Waals surface area contributed by atoms with E-state index in [9.17, 15) is 37.1 Å². The van der Waals surface area contributed by atoms with Crippen molar-refractivity contribution in [1.29, 1.82) is 0 Å². The van der Waals surface area contributed by atoms with Crippen molar-refractivity contribution in [3.05, 3.63) is 38.4 Å². The molecule has 1 aromatic rings. The van der Waals surface area contributed by atoms with Crippen LogP contribution in [0.4, 0.5) is 11.4 Å². The Labute approximate surface area is 123 Å². The molecule has 0 saturated heterocycles. The predicted octanol–water partition coefficient (Wildman–Crippen LogP) is 0.0961. The fraction of sp³-hybridized carbons (Fsp3) is 0.250. The van der Waals surface area contributed by atoms with E-state index in [1.165, 1.54) is 0 Å². The first-order valence-electron chi connectivity index (χ1n) is 5.21. The molecule has 1 N–H and O–H groups in total. The van der Waals surface area contributed by atoms with Gasteiger partial charge in [-0.25, -0.2) is 12.6 Å². The van der Waals surface area contributed by atoms with Crippen LogP contribution in [0.2, 0.25) is 0 Å². The van der Waals surface area contributed by atoms with E-state index in [2.05, 4.69) is 4.18 Å². The van der Waals surface area contributed by atoms with Crippen LogP contribution in [-0.4, -0.2) is 43.6 Å². The monoisotopic (exact) mass is 356 g/mol. The van der Waals surface area contributed by atoms with Gasteiger partial charge in [-0.15, -0.1) is 0 Å². The number of sulfone groups is 1. The van der Waals surface area contributed by atoms with Gasteiger partial charge in [-0.3, -0.25) is 24.8 Å². The van der Waals surface area contributed by atoms with E-state index in [0.717, 1.165) is 6.07 Å². The Kier molecular flexibility index (Phi) is 5.13. The Morgan fingerprint density at radius 2 is 1.68 bits per heavy atom. The van der Waals surface area contributed by atoms with Gasteiger partial charge < -0.3 is 0 Å². The second-order valence-electron chi connectivity index (χ2n) is 3.73. The van der Waals surface area contributed by atoms with E-state index in [-0.39, 0.29) is 0 Å². The minimum Gasteiger partial charge on any atom is -0.264 e. The Morgan fingerprint density at radius 1 is 1.09 bits per heavy atom. The summed E-state index contributed by atoms with van der Waals surface area (Å²) in [6, 6.07) is 1.89. The lowest BCUT2D eigenvalue weighted by molar-refractivity contribution is -0.396. The average molecular weight is 356 g/mol. The number of hydrogen-bond donors (Lipinski definition) is 1. The first-order chi connectivity index (χ1) is 9.94. The minimum absolute atomic E-state index is 0.469. The van der Waals surface area contributed by atoms with E-state index in [1.54, 1.807) is 0 Å². The third-order valence-electron chi connectivity index (χ3n) is 2.27. The maximum Gasteiger partial charge on any atom is 0.397 e. The van der Waals surface area contributed by atoms with Gasteiger partial charge in [0.1, 0.15) is 4.90 Å². The quantitative estimate of drug-likeness (QED) is 0.399. The Hall–Kier alpha value is -2.16. The van der Waals surface area contributed by atoms with Crippen LogP contribution in [0.15, 0.2) is 23.1 Å². The molecule has 122 valence electrons. The number of nitro benzene ring substituents is 2. The van der Waals surface area contributed by atoms with Gasteiger partial charge in [0.2, 0.25) is 0 Å². The Balaban J connectivity index is 3.18. The number of nitrogens with zero attached hydrogens (tertiary/aromatic N) is 2. The van der Waals surface area contributed by atoms with Crippen LogP contribution in [-0.2, 0) is 24.4 Å². The number of nitro groups is 2. The maximum atomic E-state index is 11.9. The van der Waals surface area contributed by atoms with Crippen molar-refractivity contribution >= 4 is 31.6 Å². The van der Waals surface area contributed by atoms with Crippen LogP contribution in [0.5, 0.6) is 0 Å². The summed E-state index contributed by atoms with van der Waals surface area (Å²) in [6.45, 7) is -0.977. The Morgan fingerprint density at radius 3 is 2.14 bits per heavy atom. The van der Waals surface area contributed by atoms with E-state index in [4.69, 9.17) is 4.55 Å². The lowest BCUT2D eigenvalue weighted by atomic mass is 10.3. The van der Waals surface area contributed by atoms with Crippen molar-refractivity contribution in [2.75, 3.05) is 12.4 Å². The molecule has 0 atom stereocenters. The van der Waals surface area contributed by atoms with Crippen molar-refractivity contribution < 1.29 is 35.4 Å². The summed E-state index contributed by atoms with van der Waals surface area (Å²) >= 11 is 0. The van der Waals surface area contributed by atoms with E-state index in [1.807, 2.05) is 0 Å². The molecule has 0 amide bonds. The highest BCUT2D eigenvalue weighted by Gasteiger charge is 2.28. The van der Waals surface area contributed by atoms with Crippen molar-refractivity contribution in [2.45, 2.75) is 4.90 Å². The highest BCUT2D eigenvalue weighted by atomic mass is 32.3. The summed E-state index contributed by atoms with van der Waals surface area (Å²) in [7, 11) is -9.23. The zero-order valence-electron chi connectivity index (χ0n) is 10.5. The molecular formula is C8H8N2O10S2. The number of rotatable bonds is 7. The lowest BCUT2D eigenvalue weighted by Gasteiger charge is -2.05. The molecule has 0 aromatic heterocycles. The maximum absolute atomic E-state index is 11.9. The third kappa shape index (κ3) is 4.69. The largest absolute Gasteiger partial charge is 0.397 e. The summed E-state index contributed by atoms with van der Waals surface area (Å²) in [5.41, 5.74) is -1.71. The molecule has 12 nitrogen and oxygen atoms in total. The molecular weight excluding hydrogens is 348 g/mol. The fourth-order valence-corrected chi connectivity index (χ4v) is 3.03. The van der Waals surface area contributed by atoms with Crippen molar-refractivity contribution in [3.63, 3.8) is 0 Å². The van der Waals surface area contributed by atoms with Gasteiger partial charge in [-0.1, -0.05) is 0 Å². The van der Waals surface area contributed by atoms with Crippen molar-refractivity contribution in [2.24, 2.45) is 0 Å². The van der Waals surface area contributed by atoms with Crippen LogP contribution in [0.3, 0.4) is 0 Å². The predicted molar refractivity (Wildman–Crippen MR) is 69.3 cm³/mol. The standard InChI is InChI=1S/C8H8N2O10S2/c11-9(12)6-1-2-8(7(5-6)10(13)14)21(15,16)4-3-20-22(17,18)19/h1-2,5H,3-4H2,(H,17,18,19). The second kappa shape index (κ2) is 6.30. The van der Waals surface area contributed by atoms with Crippen LogP contribution in [0.25, 0.3) is 0 Å². The van der Waals surface area contributed by atoms with Gasteiger partial charge in [-0.2, -0.15) is 8.42 Å². The fourth-order valence-electron chi connectivity index (χ4n) is 1.38. The van der Waals surface area contributed by atoms with Gasteiger partial charge in [0.05, 0.1) is 28.3 Å². The van der Waals surface area contributed by atoms with Crippen LogP contribution in [0, 0.1) is 20.2 Å². The molecule has 0 spiro atoms. The summed E-state index contributed by atoms with van der Waals surface area (Å²) in [5.74, 6) is -0.995. The Bertz CT molecular complexity index is 813. The molecule has 0 fully saturated rings. The molecule has 0 aliphatic heterocycles. The number of non-ortho nitro benzene ring substituents is 1. The molecule has 0 radical (unpaired) electrons. The normalized spacial score (nSPS) is 12.0. The molecule has 1 rings (SSSR count). The van der Waals surface area contributed by atoms with Crippen molar-refractivity contribution in [3.8, 4) is 0 Å². The highest BCUT2D eigenvalue weighted by molar-refractivity contribution is 7.91. The minimum atomic E-state index is -4.86. The van der Waals surface area contributed by atoms with Gasteiger partial charge in [0.25, 0.3) is 11.4 Å². The molecule has 0 bridgehead atoms. The smallest absolute Gasteiger partial charge is 0.264 e. The van der Waals surface area contributed by atoms with E-state index >= 15 is 0 Å². The highest BCUT2D eigenvalue weighted by Crippen LogP contribution is 2.29. The molecule has 0 unspecified atom stereocenters. The molecule has 0 aliphatic rings. The zero-order chi connectivity index (χ0) is 17.1. The lowest BCUT2D eigenvalue weighted by Crippen LogP contribution is -2.16. The summed E-state index contributed by atoms with van der Waals surface area (Å²) < 4.78 is 56.5. The first-order valence-corrected chi connectivity index (χ1v) is 8.23. The molecule has 0 aliphatic carbocycles. The second-order valence-corrected chi connectivity index (χ2v) is 6.90. The topological polar surface area (TPSA) is 184 Å². The number of benzene rings is 1. The van der Waals surface area contributed by atoms with Gasteiger partial charge in [-0.05, 0) is 6.07 Å². The molecule has 1 aromatic carbocycles. The van der Waals surface area contributed by atoms with Gasteiger partial charge in [0.15, 0.2) is 9.84 Å². The third-order valence-corrected chi connectivity index (χ3v) is 4.45. The van der Waals surface area contributed by atoms with Crippen LogP contribution >= 0.6 is 0 Å². The molecule has 14 heteroatoms. The summed E-state index contributed by atoms with van der Waals surface area (Å²) in [4.78, 5) is 18.5. The first kappa shape index (κ1) is 17.9. The van der Waals surface area contributed by atoms with Crippen molar-refractivity contribution in [1.82, 2.24) is 0 Å². The van der Waals surface area contributed by atoms with Gasteiger partial charge >= 0.3 is 10.4 Å². The number of hydrogen-bond acceptors (Lipinski definition) is 9. The zero-order valence-corrected chi connectivity index (χ0v) is 12.1. The van der Waals surface area contributed by atoms with Crippen LogP contribution in [0.1, 0.15) is 0 Å². The van der Waals surface area contributed by atoms with E-state index in [0.29, 0.717) is 12.1 Å². The molecule has 22 heavy (non-hydrogen) atoms. The summed E-state index contributed by atoms with van der Waals surface area (Å²) in [6.07, 6.45) is 0.